The van der Waals surface area contributed by atoms with Crippen LogP contribution in [0, 0.1) is 0 Å². The molecule has 3 aromatic rings. The SMILES string of the molecule is O=S(=O)(NCCc1ccc2ocnc2c1)c1ccc(Cl)cc1. The van der Waals surface area contributed by atoms with Crippen LogP contribution in [0.2, 0.25) is 5.02 Å². The fraction of sp³-hybridized carbons (Fsp3) is 0.133. The van der Waals surface area contributed by atoms with Gasteiger partial charge in [-0.05, 0) is 48.4 Å². The van der Waals surface area contributed by atoms with E-state index < -0.39 is 10.0 Å². The second-order valence-corrected chi connectivity index (χ2v) is 6.96. The van der Waals surface area contributed by atoms with Crippen molar-refractivity contribution in [2.24, 2.45) is 0 Å². The average molecular weight is 337 g/mol. The van der Waals surface area contributed by atoms with E-state index in [1.807, 2.05) is 18.2 Å². The molecule has 1 heterocycles. The third kappa shape index (κ3) is 3.30. The molecule has 0 unspecified atom stereocenters. The number of nitrogens with one attached hydrogen (secondary N) is 1. The molecule has 0 atom stereocenters. The van der Waals surface area contributed by atoms with E-state index in [-0.39, 0.29) is 4.90 Å². The molecule has 0 spiro atoms. The van der Waals surface area contributed by atoms with Crippen LogP contribution in [0.5, 0.6) is 0 Å². The molecule has 1 N–H and O–H groups in total. The van der Waals surface area contributed by atoms with E-state index in [1.165, 1.54) is 18.5 Å². The summed E-state index contributed by atoms with van der Waals surface area (Å²) >= 11 is 5.76. The van der Waals surface area contributed by atoms with Gasteiger partial charge in [-0.3, -0.25) is 0 Å². The molecule has 5 nitrogen and oxygen atoms in total. The minimum Gasteiger partial charge on any atom is -0.443 e. The molecule has 114 valence electrons. The van der Waals surface area contributed by atoms with Gasteiger partial charge in [0.05, 0.1) is 4.90 Å². The summed E-state index contributed by atoms with van der Waals surface area (Å²) in [4.78, 5) is 4.27. The van der Waals surface area contributed by atoms with Crippen LogP contribution in [0.1, 0.15) is 5.56 Å². The monoisotopic (exact) mass is 336 g/mol. The van der Waals surface area contributed by atoms with Crippen LogP contribution in [0.25, 0.3) is 11.1 Å². The molecular formula is C15H13ClN2O3S. The quantitative estimate of drug-likeness (QED) is 0.777. The third-order valence-electron chi connectivity index (χ3n) is 3.22. The van der Waals surface area contributed by atoms with Gasteiger partial charge in [0.15, 0.2) is 12.0 Å². The summed E-state index contributed by atoms with van der Waals surface area (Å²) in [7, 11) is -3.52. The summed E-state index contributed by atoms with van der Waals surface area (Å²) in [5, 5.41) is 0.500. The summed E-state index contributed by atoms with van der Waals surface area (Å²) in [5.74, 6) is 0. The lowest BCUT2D eigenvalue weighted by molar-refractivity contribution is 0.581. The van der Waals surface area contributed by atoms with E-state index in [9.17, 15) is 8.42 Å². The normalized spacial score (nSPS) is 11.9. The van der Waals surface area contributed by atoms with E-state index in [4.69, 9.17) is 16.0 Å². The number of hydrogen-bond donors (Lipinski definition) is 1. The molecule has 0 aliphatic rings. The number of fused-ring (bicyclic) bond motifs is 1. The van der Waals surface area contributed by atoms with Crippen molar-refractivity contribution in [1.82, 2.24) is 9.71 Å². The molecule has 1 aromatic heterocycles. The van der Waals surface area contributed by atoms with Gasteiger partial charge in [0.25, 0.3) is 0 Å². The van der Waals surface area contributed by atoms with Gasteiger partial charge in [0.1, 0.15) is 5.52 Å². The second kappa shape index (κ2) is 6.08. The van der Waals surface area contributed by atoms with Crippen LogP contribution in [0.15, 0.2) is 58.2 Å². The molecular weight excluding hydrogens is 324 g/mol. The summed E-state index contributed by atoms with van der Waals surface area (Å²) < 4.78 is 32.0. The Labute approximate surface area is 133 Å². The van der Waals surface area contributed by atoms with E-state index in [0.29, 0.717) is 23.6 Å². The fourth-order valence-corrected chi connectivity index (χ4v) is 3.24. The fourth-order valence-electron chi connectivity index (χ4n) is 2.09. The van der Waals surface area contributed by atoms with Crippen molar-refractivity contribution < 1.29 is 12.8 Å². The van der Waals surface area contributed by atoms with E-state index in [0.717, 1.165) is 11.1 Å². The molecule has 0 amide bonds. The van der Waals surface area contributed by atoms with Crippen LogP contribution < -0.4 is 4.72 Å². The highest BCUT2D eigenvalue weighted by atomic mass is 35.5. The number of hydrogen-bond acceptors (Lipinski definition) is 4. The van der Waals surface area contributed by atoms with Gasteiger partial charge in [0.2, 0.25) is 10.0 Å². The lowest BCUT2D eigenvalue weighted by Gasteiger charge is -2.07. The van der Waals surface area contributed by atoms with Crippen molar-refractivity contribution in [2.45, 2.75) is 11.3 Å². The zero-order chi connectivity index (χ0) is 15.6. The van der Waals surface area contributed by atoms with Gasteiger partial charge in [-0.1, -0.05) is 17.7 Å². The Balaban J connectivity index is 1.65. The molecule has 0 radical (unpaired) electrons. The maximum atomic E-state index is 12.1. The Kier molecular flexibility index (Phi) is 4.15. The highest BCUT2D eigenvalue weighted by Crippen LogP contribution is 2.15. The number of nitrogens with zero attached hydrogens (tertiary/aromatic N) is 1. The number of oxazole rings is 1. The third-order valence-corrected chi connectivity index (χ3v) is 4.95. The minimum atomic E-state index is -3.52. The molecule has 3 rings (SSSR count). The highest BCUT2D eigenvalue weighted by Gasteiger charge is 2.13. The molecule has 0 saturated heterocycles. The molecule has 22 heavy (non-hydrogen) atoms. The van der Waals surface area contributed by atoms with Crippen LogP contribution in [0.4, 0.5) is 0 Å². The lowest BCUT2D eigenvalue weighted by atomic mass is 10.1. The Morgan fingerprint density at radius 1 is 1.14 bits per heavy atom. The largest absolute Gasteiger partial charge is 0.443 e. The zero-order valence-electron chi connectivity index (χ0n) is 11.5. The topological polar surface area (TPSA) is 72.2 Å². The van der Waals surface area contributed by atoms with Gasteiger partial charge >= 0.3 is 0 Å². The van der Waals surface area contributed by atoms with Gasteiger partial charge in [-0.2, -0.15) is 0 Å². The summed E-state index contributed by atoms with van der Waals surface area (Å²) in [5.41, 5.74) is 2.46. The predicted octanol–water partition coefficient (Wildman–Crippen LogP) is 3.00. The first-order valence-corrected chi connectivity index (χ1v) is 8.48. The van der Waals surface area contributed by atoms with Crippen LogP contribution in [-0.2, 0) is 16.4 Å². The van der Waals surface area contributed by atoms with Gasteiger partial charge in [0, 0.05) is 11.6 Å². The maximum absolute atomic E-state index is 12.1. The standard InChI is InChI=1S/C15H13ClN2O3S/c16-12-2-4-13(5-3-12)22(19,20)18-8-7-11-1-6-15-14(9-11)17-10-21-15/h1-6,9-10,18H,7-8H2. The first kappa shape index (κ1) is 15.0. The van der Waals surface area contributed by atoms with Crippen molar-refractivity contribution >= 4 is 32.7 Å². The molecule has 0 fully saturated rings. The summed E-state index contributed by atoms with van der Waals surface area (Å²) in [6.07, 6.45) is 1.95. The molecule has 2 aromatic carbocycles. The maximum Gasteiger partial charge on any atom is 0.240 e. The van der Waals surface area contributed by atoms with Crippen molar-refractivity contribution in [3.8, 4) is 0 Å². The Morgan fingerprint density at radius 3 is 2.68 bits per heavy atom. The van der Waals surface area contributed by atoms with Crippen molar-refractivity contribution in [2.75, 3.05) is 6.54 Å². The predicted molar refractivity (Wildman–Crippen MR) is 84.4 cm³/mol. The number of rotatable bonds is 5. The van der Waals surface area contributed by atoms with E-state index in [2.05, 4.69) is 9.71 Å². The first-order chi connectivity index (χ1) is 10.5. The zero-order valence-corrected chi connectivity index (χ0v) is 13.1. The van der Waals surface area contributed by atoms with E-state index in [1.54, 1.807) is 12.1 Å². The van der Waals surface area contributed by atoms with Crippen LogP contribution in [-0.4, -0.2) is 19.9 Å². The van der Waals surface area contributed by atoms with Crippen molar-refractivity contribution in [3.63, 3.8) is 0 Å². The Hall–Kier alpha value is -1.89. The number of halogens is 1. The molecule has 7 heteroatoms. The molecule has 0 bridgehead atoms. The number of aromatic nitrogens is 1. The smallest absolute Gasteiger partial charge is 0.240 e. The van der Waals surface area contributed by atoms with E-state index >= 15 is 0 Å². The molecule has 0 aliphatic heterocycles. The van der Waals surface area contributed by atoms with Crippen LogP contribution in [0.3, 0.4) is 0 Å². The lowest BCUT2D eigenvalue weighted by Crippen LogP contribution is -2.25. The van der Waals surface area contributed by atoms with Gasteiger partial charge < -0.3 is 4.42 Å². The summed E-state index contributed by atoms with van der Waals surface area (Å²) in [6.45, 7) is 0.300. The Bertz CT molecular complexity index is 889. The number of benzene rings is 2. The average Bonchev–Trinajstić information content (AvgIpc) is 2.95. The second-order valence-electron chi connectivity index (χ2n) is 4.76. The highest BCUT2D eigenvalue weighted by molar-refractivity contribution is 7.89. The summed E-state index contributed by atoms with van der Waals surface area (Å²) in [6, 6.07) is 11.7. The number of sulfonamides is 1. The minimum absolute atomic E-state index is 0.198. The van der Waals surface area contributed by atoms with Gasteiger partial charge in [-0.25, -0.2) is 18.1 Å². The van der Waals surface area contributed by atoms with Crippen molar-refractivity contribution in [3.05, 3.63) is 59.4 Å². The molecule has 0 aliphatic carbocycles. The van der Waals surface area contributed by atoms with Gasteiger partial charge in [-0.15, -0.1) is 0 Å². The Morgan fingerprint density at radius 2 is 1.91 bits per heavy atom. The van der Waals surface area contributed by atoms with Crippen LogP contribution >= 0.6 is 11.6 Å². The first-order valence-electron chi connectivity index (χ1n) is 6.62. The van der Waals surface area contributed by atoms with Crippen molar-refractivity contribution in [1.29, 1.82) is 0 Å². The molecule has 0 saturated carbocycles.